The average molecular weight is 585 g/mol. The molecule has 0 radical (unpaired) electrons. The van der Waals surface area contributed by atoms with Crippen molar-refractivity contribution in [3.63, 3.8) is 0 Å². The Balaban J connectivity index is 1.86. The van der Waals surface area contributed by atoms with Crippen molar-refractivity contribution in [3.05, 3.63) is 48.6 Å². The van der Waals surface area contributed by atoms with E-state index in [-0.39, 0.29) is 47.6 Å². The molecule has 41 heavy (non-hydrogen) atoms. The summed E-state index contributed by atoms with van der Waals surface area (Å²) in [6, 6.07) is 8.32. The minimum absolute atomic E-state index is 0.0310. The van der Waals surface area contributed by atoms with E-state index in [4.69, 9.17) is 4.74 Å². The van der Waals surface area contributed by atoms with Crippen molar-refractivity contribution >= 4 is 29.5 Å². The summed E-state index contributed by atoms with van der Waals surface area (Å²) in [5, 5.41) is 10.7. The Hall–Kier alpha value is -2.32. The predicted molar refractivity (Wildman–Crippen MR) is 163 cm³/mol. The van der Waals surface area contributed by atoms with Crippen molar-refractivity contribution in [2.24, 2.45) is 23.2 Å². The highest BCUT2D eigenvalue weighted by molar-refractivity contribution is 8.02. The van der Waals surface area contributed by atoms with Crippen LogP contribution in [0.3, 0.4) is 0 Å². The Morgan fingerprint density at radius 1 is 1.24 bits per heavy atom. The standard InChI is InChI=1S/C33H48N2O5S/c1-9-16-34(32(7,8)20-31(4,5)6)29(38)27-33-21(3)17-24(41-33)25(30(39)40-10-2)26(33)28(37)35(27)23(19-36)18-22-14-12-11-13-15-22/h9,11-15,21,23-27,36H,1,10,16-20H2,2-8H3/t21?,23-,24+,25-,26+,27?,33?/m1/s1. The zero-order chi connectivity index (χ0) is 30.3. The Labute approximate surface area is 250 Å². The van der Waals surface area contributed by atoms with Crippen molar-refractivity contribution in [1.29, 1.82) is 0 Å². The SMILES string of the molecule is C=CCN(C(=O)C1N([C@@H](CO)Cc2ccccc2)C(=O)[C@@H]2[C@H](C(=O)OCC)[C@@H]3CC(C)C12S3)C(C)(C)CC(C)(C)C. The number of aliphatic hydroxyl groups excluding tert-OH is 1. The van der Waals surface area contributed by atoms with Crippen molar-refractivity contribution in [1.82, 2.24) is 9.80 Å². The average Bonchev–Trinajstić information content (AvgIpc) is 3.48. The van der Waals surface area contributed by atoms with E-state index in [1.54, 1.807) is 29.7 Å². The van der Waals surface area contributed by atoms with E-state index in [1.165, 1.54) is 0 Å². The van der Waals surface area contributed by atoms with Gasteiger partial charge in [0.1, 0.15) is 6.04 Å². The van der Waals surface area contributed by atoms with Crippen LogP contribution in [0.4, 0.5) is 0 Å². The Bertz CT molecular complexity index is 1150. The molecule has 3 fully saturated rings. The number of amides is 2. The number of esters is 1. The molecule has 2 amide bonds. The summed E-state index contributed by atoms with van der Waals surface area (Å²) in [7, 11) is 0. The molecule has 4 rings (SSSR count). The van der Waals surface area contributed by atoms with Crippen molar-refractivity contribution in [3.8, 4) is 0 Å². The van der Waals surface area contributed by atoms with Crippen LogP contribution in [0, 0.1) is 23.2 Å². The summed E-state index contributed by atoms with van der Waals surface area (Å²) >= 11 is 1.64. The lowest BCUT2D eigenvalue weighted by Crippen LogP contribution is -2.63. The Kier molecular flexibility index (Phi) is 9.06. The second kappa shape index (κ2) is 11.8. The van der Waals surface area contributed by atoms with Crippen LogP contribution >= 0.6 is 11.8 Å². The van der Waals surface area contributed by atoms with Crippen LogP contribution in [-0.2, 0) is 25.5 Å². The first-order chi connectivity index (χ1) is 19.2. The molecule has 8 heteroatoms. The smallest absolute Gasteiger partial charge is 0.310 e. The van der Waals surface area contributed by atoms with Gasteiger partial charge in [0.25, 0.3) is 0 Å². The quantitative estimate of drug-likeness (QED) is 0.299. The van der Waals surface area contributed by atoms with Gasteiger partial charge in [-0.05, 0) is 56.9 Å². The van der Waals surface area contributed by atoms with E-state index >= 15 is 4.79 Å². The Morgan fingerprint density at radius 3 is 2.46 bits per heavy atom. The third-order valence-electron chi connectivity index (χ3n) is 9.17. The monoisotopic (exact) mass is 584 g/mol. The van der Waals surface area contributed by atoms with Gasteiger partial charge < -0.3 is 19.6 Å². The van der Waals surface area contributed by atoms with Gasteiger partial charge >= 0.3 is 5.97 Å². The fourth-order valence-corrected chi connectivity index (χ4v) is 10.5. The van der Waals surface area contributed by atoms with E-state index in [0.717, 1.165) is 18.4 Å². The fourth-order valence-electron chi connectivity index (χ4n) is 8.08. The summed E-state index contributed by atoms with van der Waals surface area (Å²) in [5.41, 5.74) is 0.411. The number of carbonyl (C=O) groups is 3. The normalized spacial score (nSPS) is 29.8. The molecule has 2 bridgehead atoms. The summed E-state index contributed by atoms with van der Waals surface area (Å²) in [6.07, 6.45) is 3.65. The number of thioether (sulfide) groups is 1. The zero-order valence-electron chi connectivity index (χ0n) is 25.8. The van der Waals surface area contributed by atoms with Crippen LogP contribution in [0.2, 0.25) is 0 Å². The molecule has 1 N–H and O–H groups in total. The number of hydrogen-bond acceptors (Lipinski definition) is 6. The molecule has 0 saturated carbocycles. The molecule has 1 spiro atoms. The van der Waals surface area contributed by atoms with Crippen LogP contribution in [0.5, 0.6) is 0 Å². The molecule has 0 aliphatic carbocycles. The number of ether oxygens (including phenoxy) is 1. The summed E-state index contributed by atoms with van der Waals surface area (Å²) in [4.78, 5) is 46.5. The first-order valence-electron chi connectivity index (χ1n) is 15.0. The van der Waals surface area contributed by atoms with Crippen LogP contribution < -0.4 is 0 Å². The molecule has 226 valence electrons. The predicted octanol–water partition coefficient (Wildman–Crippen LogP) is 4.72. The van der Waals surface area contributed by atoms with Gasteiger partial charge in [-0.25, -0.2) is 0 Å². The fraction of sp³-hybridized carbons (Fsp3) is 0.667. The third-order valence-corrected chi connectivity index (χ3v) is 11.2. The molecular formula is C33H48N2O5S. The number of hydrogen-bond donors (Lipinski definition) is 1. The molecule has 0 aromatic heterocycles. The minimum atomic E-state index is -0.815. The van der Waals surface area contributed by atoms with Crippen LogP contribution in [0.15, 0.2) is 43.0 Å². The first-order valence-corrected chi connectivity index (χ1v) is 15.8. The summed E-state index contributed by atoms with van der Waals surface area (Å²) in [6.45, 7) is 18.8. The first kappa shape index (κ1) is 31.6. The number of nitrogens with zero attached hydrogens (tertiary/aromatic N) is 2. The number of aliphatic hydroxyl groups is 1. The molecule has 3 saturated heterocycles. The molecule has 3 aliphatic heterocycles. The number of likely N-dealkylation sites (tertiary alicyclic amines) is 1. The lowest BCUT2D eigenvalue weighted by atomic mass is 9.66. The lowest BCUT2D eigenvalue weighted by molar-refractivity contribution is -0.154. The highest BCUT2D eigenvalue weighted by Crippen LogP contribution is 2.69. The van der Waals surface area contributed by atoms with E-state index in [1.807, 2.05) is 35.2 Å². The topological polar surface area (TPSA) is 87.2 Å². The Morgan fingerprint density at radius 2 is 1.90 bits per heavy atom. The molecule has 3 aliphatic rings. The van der Waals surface area contributed by atoms with Crippen LogP contribution in [-0.4, -0.2) is 80.1 Å². The maximum Gasteiger partial charge on any atom is 0.310 e. The maximum atomic E-state index is 15.0. The van der Waals surface area contributed by atoms with Gasteiger partial charge in [-0.1, -0.05) is 64.1 Å². The van der Waals surface area contributed by atoms with Crippen molar-refractivity contribution in [2.45, 2.75) is 95.3 Å². The molecule has 3 unspecified atom stereocenters. The van der Waals surface area contributed by atoms with E-state index in [2.05, 4.69) is 48.1 Å². The molecule has 3 heterocycles. The van der Waals surface area contributed by atoms with Crippen LogP contribution in [0.1, 0.15) is 66.9 Å². The van der Waals surface area contributed by atoms with Gasteiger partial charge in [-0.2, -0.15) is 0 Å². The van der Waals surface area contributed by atoms with Gasteiger partial charge in [-0.15, -0.1) is 18.3 Å². The maximum absolute atomic E-state index is 15.0. The second-order valence-corrected chi connectivity index (χ2v) is 15.4. The largest absolute Gasteiger partial charge is 0.466 e. The molecule has 1 aromatic carbocycles. The number of fused-ring (bicyclic) bond motifs is 1. The molecular weight excluding hydrogens is 536 g/mol. The lowest BCUT2D eigenvalue weighted by Gasteiger charge is -2.47. The van der Waals surface area contributed by atoms with Crippen molar-refractivity contribution in [2.75, 3.05) is 19.8 Å². The number of rotatable bonds is 11. The molecule has 7 atom stereocenters. The number of carbonyl (C=O) groups excluding carboxylic acids is 3. The van der Waals surface area contributed by atoms with E-state index in [0.29, 0.717) is 13.0 Å². The zero-order valence-corrected chi connectivity index (χ0v) is 26.6. The van der Waals surface area contributed by atoms with Gasteiger partial charge in [0, 0.05) is 17.3 Å². The summed E-state index contributed by atoms with van der Waals surface area (Å²) < 4.78 is 4.71. The third kappa shape index (κ3) is 5.58. The minimum Gasteiger partial charge on any atom is -0.466 e. The highest BCUT2D eigenvalue weighted by Gasteiger charge is 2.77. The highest BCUT2D eigenvalue weighted by atomic mass is 32.2. The molecule has 1 aromatic rings. The number of benzene rings is 1. The van der Waals surface area contributed by atoms with Gasteiger partial charge in [0.2, 0.25) is 11.8 Å². The van der Waals surface area contributed by atoms with Gasteiger partial charge in [0.15, 0.2) is 0 Å². The molecule has 7 nitrogen and oxygen atoms in total. The second-order valence-electron chi connectivity index (χ2n) is 13.9. The van der Waals surface area contributed by atoms with Crippen molar-refractivity contribution < 1.29 is 24.2 Å². The summed E-state index contributed by atoms with van der Waals surface area (Å²) in [5.74, 6) is -1.95. The van der Waals surface area contributed by atoms with Gasteiger partial charge in [0.05, 0.1) is 35.8 Å². The van der Waals surface area contributed by atoms with E-state index in [9.17, 15) is 14.7 Å². The van der Waals surface area contributed by atoms with Crippen LogP contribution in [0.25, 0.3) is 0 Å². The van der Waals surface area contributed by atoms with E-state index < -0.39 is 34.2 Å². The van der Waals surface area contributed by atoms with Gasteiger partial charge in [-0.3, -0.25) is 14.4 Å².